The summed E-state index contributed by atoms with van der Waals surface area (Å²) >= 11 is 0. The molecule has 2 N–H and O–H groups in total. The standard InChI is InChI=1S/C21H24N4O2.HI/c1-15-16(2)26-20(25-15)14-24-21(22-3)23-13-17-8-7-11-19(12-17)27-18-9-5-4-6-10-18;/h4-12H,13-14H2,1-3H3,(H2,22,23,24);1H. The fraction of sp³-hybridized carbons (Fsp3) is 0.238. The number of ether oxygens (including phenoxy) is 1. The number of para-hydroxylation sites is 1. The lowest BCUT2D eigenvalue weighted by atomic mass is 10.2. The van der Waals surface area contributed by atoms with Gasteiger partial charge in [0.2, 0.25) is 5.89 Å². The van der Waals surface area contributed by atoms with Crippen LogP contribution in [0.15, 0.2) is 64.0 Å². The lowest BCUT2D eigenvalue weighted by Gasteiger charge is -2.12. The first-order valence-corrected chi connectivity index (χ1v) is 8.83. The summed E-state index contributed by atoms with van der Waals surface area (Å²) in [5.41, 5.74) is 2.00. The molecule has 0 spiro atoms. The average Bonchev–Trinajstić information content (AvgIpc) is 3.01. The number of hydrogen-bond donors (Lipinski definition) is 2. The monoisotopic (exact) mass is 492 g/mol. The van der Waals surface area contributed by atoms with E-state index in [0.29, 0.717) is 24.9 Å². The maximum absolute atomic E-state index is 5.88. The highest BCUT2D eigenvalue weighted by atomic mass is 127. The molecule has 0 radical (unpaired) electrons. The van der Waals surface area contributed by atoms with Gasteiger partial charge in [0.1, 0.15) is 17.3 Å². The molecule has 0 saturated carbocycles. The third-order valence-electron chi connectivity index (χ3n) is 4.04. The molecule has 6 nitrogen and oxygen atoms in total. The van der Waals surface area contributed by atoms with Crippen molar-refractivity contribution in [3.05, 3.63) is 77.5 Å². The minimum atomic E-state index is 0. The van der Waals surface area contributed by atoms with Crippen LogP contribution < -0.4 is 15.4 Å². The Hall–Kier alpha value is -2.55. The topological polar surface area (TPSA) is 71.7 Å². The zero-order valence-corrected chi connectivity index (χ0v) is 18.6. The van der Waals surface area contributed by atoms with Gasteiger partial charge in [-0.2, -0.15) is 0 Å². The van der Waals surface area contributed by atoms with Gasteiger partial charge in [0.25, 0.3) is 0 Å². The molecule has 0 aliphatic rings. The number of hydrogen-bond acceptors (Lipinski definition) is 4. The van der Waals surface area contributed by atoms with E-state index in [1.165, 1.54) is 0 Å². The van der Waals surface area contributed by atoms with E-state index in [0.717, 1.165) is 28.5 Å². The molecule has 1 aromatic heterocycles. The maximum Gasteiger partial charge on any atom is 0.214 e. The zero-order valence-electron chi connectivity index (χ0n) is 16.2. The van der Waals surface area contributed by atoms with Crippen molar-refractivity contribution >= 4 is 29.9 Å². The van der Waals surface area contributed by atoms with E-state index in [9.17, 15) is 0 Å². The van der Waals surface area contributed by atoms with Crippen LogP contribution in [0, 0.1) is 13.8 Å². The molecule has 0 amide bonds. The fourth-order valence-corrected chi connectivity index (χ4v) is 2.52. The van der Waals surface area contributed by atoms with E-state index < -0.39 is 0 Å². The summed E-state index contributed by atoms with van der Waals surface area (Å²) in [5.74, 6) is 3.78. The number of rotatable bonds is 6. The quantitative estimate of drug-likeness (QED) is 0.300. The number of benzene rings is 2. The van der Waals surface area contributed by atoms with Crippen LogP contribution in [0.2, 0.25) is 0 Å². The van der Waals surface area contributed by atoms with Crippen LogP contribution in [-0.4, -0.2) is 18.0 Å². The van der Waals surface area contributed by atoms with Gasteiger partial charge < -0.3 is 19.8 Å². The molecule has 2 aromatic carbocycles. The van der Waals surface area contributed by atoms with Crippen molar-refractivity contribution in [2.75, 3.05) is 7.05 Å². The molecule has 7 heteroatoms. The average molecular weight is 492 g/mol. The van der Waals surface area contributed by atoms with Crippen molar-refractivity contribution in [2.45, 2.75) is 26.9 Å². The first-order valence-electron chi connectivity index (χ1n) is 8.83. The molecule has 0 aliphatic carbocycles. The molecular weight excluding hydrogens is 467 g/mol. The predicted octanol–water partition coefficient (Wildman–Crippen LogP) is 4.57. The predicted molar refractivity (Wildman–Crippen MR) is 121 cm³/mol. The lowest BCUT2D eigenvalue weighted by molar-refractivity contribution is 0.463. The van der Waals surface area contributed by atoms with E-state index in [4.69, 9.17) is 9.15 Å². The smallest absolute Gasteiger partial charge is 0.214 e. The zero-order chi connectivity index (χ0) is 19.1. The van der Waals surface area contributed by atoms with Crippen molar-refractivity contribution in [3.8, 4) is 11.5 Å². The SMILES string of the molecule is CN=C(NCc1cccc(Oc2ccccc2)c1)NCc1nc(C)c(C)o1.I. The second kappa shape index (κ2) is 10.7. The van der Waals surface area contributed by atoms with E-state index in [1.54, 1.807) is 7.05 Å². The molecule has 3 aromatic rings. The second-order valence-corrected chi connectivity index (χ2v) is 6.09. The van der Waals surface area contributed by atoms with Crippen LogP contribution in [0.4, 0.5) is 0 Å². The van der Waals surface area contributed by atoms with Gasteiger partial charge in [0.15, 0.2) is 5.96 Å². The molecule has 0 unspecified atom stereocenters. The van der Waals surface area contributed by atoms with Gasteiger partial charge in [-0.15, -0.1) is 24.0 Å². The first kappa shape index (κ1) is 21.7. The Bertz CT molecular complexity index is 890. The highest BCUT2D eigenvalue weighted by Crippen LogP contribution is 2.21. The normalized spacial score (nSPS) is 10.9. The summed E-state index contributed by atoms with van der Waals surface area (Å²) < 4.78 is 11.4. The Morgan fingerprint density at radius 2 is 1.71 bits per heavy atom. The van der Waals surface area contributed by atoms with Crippen molar-refractivity contribution < 1.29 is 9.15 Å². The van der Waals surface area contributed by atoms with Gasteiger partial charge in [-0.25, -0.2) is 4.98 Å². The lowest BCUT2D eigenvalue weighted by Crippen LogP contribution is -2.36. The Kier molecular flexibility index (Phi) is 8.31. The Morgan fingerprint density at radius 1 is 1.00 bits per heavy atom. The Balaban J connectivity index is 0.00000280. The molecule has 148 valence electrons. The third kappa shape index (κ3) is 6.26. The summed E-state index contributed by atoms with van der Waals surface area (Å²) in [4.78, 5) is 8.59. The van der Waals surface area contributed by atoms with Crippen molar-refractivity contribution in [1.82, 2.24) is 15.6 Å². The number of nitrogens with one attached hydrogen (secondary N) is 2. The molecule has 0 bridgehead atoms. The number of aliphatic imine (C=N–C) groups is 1. The van der Waals surface area contributed by atoms with E-state index >= 15 is 0 Å². The van der Waals surface area contributed by atoms with Crippen LogP contribution in [0.3, 0.4) is 0 Å². The molecule has 0 fully saturated rings. The molecule has 0 atom stereocenters. The first-order chi connectivity index (χ1) is 13.1. The number of nitrogens with zero attached hydrogens (tertiary/aromatic N) is 2. The Morgan fingerprint density at radius 3 is 2.39 bits per heavy atom. The van der Waals surface area contributed by atoms with E-state index in [-0.39, 0.29) is 24.0 Å². The van der Waals surface area contributed by atoms with Gasteiger partial charge in [0, 0.05) is 13.6 Å². The van der Waals surface area contributed by atoms with Gasteiger partial charge in [-0.05, 0) is 43.7 Å². The molecular formula is C21H25IN4O2. The molecule has 3 rings (SSSR count). The van der Waals surface area contributed by atoms with Crippen LogP contribution in [-0.2, 0) is 13.1 Å². The van der Waals surface area contributed by atoms with Gasteiger partial charge >= 0.3 is 0 Å². The fourth-order valence-electron chi connectivity index (χ4n) is 2.52. The summed E-state index contributed by atoms with van der Waals surface area (Å²) in [6, 6.07) is 17.7. The van der Waals surface area contributed by atoms with Crippen molar-refractivity contribution in [3.63, 3.8) is 0 Å². The minimum absolute atomic E-state index is 0. The van der Waals surface area contributed by atoms with Crippen LogP contribution in [0.1, 0.15) is 22.9 Å². The maximum atomic E-state index is 5.88. The van der Waals surface area contributed by atoms with Crippen LogP contribution >= 0.6 is 24.0 Å². The molecule has 0 saturated heterocycles. The highest BCUT2D eigenvalue weighted by molar-refractivity contribution is 14.0. The van der Waals surface area contributed by atoms with Gasteiger partial charge in [-0.3, -0.25) is 4.99 Å². The second-order valence-electron chi connectivity index (χ2n) is 6.09. The summed E-state index contributed by atoms with van der Waals surface area (Å²) in [7, 11) is 1.73. The third-order valence-corrected chi connectivity index (χ3v) is 4.04. The summed E-state index contributed by atoms with van der Waals surface area (Å²) in [5, 5.41) is 6.48. The summed E-state index contributed by atoms with van der Waals surface area (Å²) in [6.07, 6.45) is 0. The van der Waals surface area contributed by atoms with Crippen molar-refractivity contribution in [2.24, 2.45) is 4.99 Å². The van der Waals surface area contributed by atoms with E-state index in [1.807, 2.05) is 68.4 Å². The number of guanidine groups is 1. The minimum Gasteiger partial charge on any atom is -0.457 e. The van der Waals surface area contributed by atoms with Gasteiger partial charge in [0.05, 0.1) is 12.2 Å². The molecule has 1 heterocycles. The van der Waals surface area contributed by atoms with Crippen LogP contribution in [0.5, 0.6) is 11.5 Å². The highest BCUT2D eigenvalue weighted by Gasteiger charge is 2.06. The summed E-state index contributed by atoms with van der Waals surface area (Å²) in [6.45, 7) is 4.93. The van der Waals surface area contributed by atoms with Crippen molar-refractivity contribution in [1.29, 1.82) is 0 Å². The van der Waals surface area contributed by atoms with E-state index in [2.05, 4.69) is 20.6 Å². The molecule has 28 heavy (non-hydrogen) atoms. The number of oxazole rings is 1. The Labute approximate surface area is 182 Å². The van der Waals surface area contributed by atoms with Gasteiger partial charge in [-0.1, -0.05) is 30.3 Å². The number of halogens is 1. The van der Waals surface area contributed by atoms with Crippen LogP contribution in [0.25, 0.3) is 0 Å². The number of aromatic nitrogens is 1. The number of aryl methyl sites for hydroxylation is 2. The molecule has 0 aliphatic heterocycles. The largest absolute Gasteiger partial charge is 0.457 e.